The van der Waals surface area contributed by atoms with Gasteiger partial charge in [-0.1, -0.05) is 30.3 Å². The van der Waals surface area contributed by atoms with Gasteiger partial charge < -0.3 is 19.7 Å². The van der Waals surface area contributed by atoms with Crippen molar-refractivity contribution >= 4 is 16.6 Å². The van der Waals surface area contributed by atoms with Crippen molar-refractivity contribution < 1.29 is 9.84 Å². The van der Waals surface area contributed by atoms with Crippen LogP contribution < -0.4 is 5.32 Å². The van der Waals surface area contributed by atoms with Crippen LogP contribution in [0.3, 0.4) is 0 Å². The van der Waals surface area contributed by atoms with Gasteiger partial charge in [-0.25, -0.2) is 0 Å². The van der Waals surface area contributed by atoms with Crippen molar-refractivity contribution in [1.29, 1.82) is 0 Å². The molecule has 1 fully saturated rings. The van der Waals surface area contributed by atoms with Crippen molar-refractivity contribution in [3.8, 4) is 0 Å². The van der Waals surface area contributed by atoms with E-state index in [-0.39, 0.29) is 6.61 Å². The molecular formula is C21H24N2O2. The van der Waals surface area contributed by atoms with Gasteiger partial charge in [0.2, 0.25) is 0 Å². The van der Waals surface area contributed by atoms with Gasteiger partial charge in [-0.2, -0.15) is 0 Å². The fraction of sp³-hybridized carbons (Fsp3) is 0.333. The van der Waals surface area contributed by atoms with Crippen molar-refractivity contribution in [3.05, 3.63) is 65.9 Å². The smallest absolute Gasteiger partial charge is 0.0681 e. The van der Waals surface area contributed by atoms with Crippen LogP contribution >= 0.6 is 0 Å². The van der Waals surface area contributed by atoms with Crippen LogP contribution in [0.15, 0.2) is 54.7 Å². The van der Waals surface area contributed by atoms with E-state index >= 15 is 0 Å². The Morgan fingerprint density at radius 1 is 1.00 bits per heavy atom. The second-order valence-corrected chi connectivity index (χ2v) is 6.72. The summed E-state index contributed by atoms with van der Waals surface area (Å²) in [5.74, 6) is 0. The maximum absolute atomic E-state index is 9.17. The zero-order chi connectivity index (χ0) is 17.1. The number of aliphatic hydroxyl groups excluding tert-OH is 1. The zero-order valence-corrected chi connectivity index (χ0v) is 14.3. The molecule has 0 saturated carbocycles. The van der Waals surface area contributed by atoms with Crippen LogP contribution in [0.1, 0.15) is 24.0 Å². The van der Waals surface area contributed by atoms with E-state index in [1.165, 1.54) is 22.2 Å². The monoisotopic (exact) mass is 336 g/mol. The van der Waals surface area contributed by atoms with Crippen molar-refractivity contribution in [1.82, 2.24) is 4.57 Å². The zero-order valence-electron chi connectivity index (χ0n) is 14.3. The third-order valence-electron chi connectivity index (χ3n) is 4.92. The number of aromatic nitrogens is 1. The lowest BCUT2D eigenvalue weighted by atomic mass is 10.1. The average molecular weight is 336 g/mol. The third kappa shape index (κ3) is 3.70. The van der Waals surface area contributed by atoms with Gasteiger partial charge in [0, 0.05) is 37.7 Å². The van der Waals surface area contributed by atoms with Crippen LogP contribution in [-0.4, -0.2) is 28.9 Å². The maximum atomic E-state index is 9.17. The summed E-state index contributed by atoms with van der Waals surface area (Å²) in [6.07, 6.45) is 4.27. The van der Waals surface area contributed by atoms with Crippen LogP contribution in [0.2, 0.25) is 0 Å². The summed E-state index contributed by atoms with van der Waals surface area (Å²) >= 11 is 0. The number of fused-ring (bicyclic) bond motifs is 1. The van der Waals surface area contributed by atoms with Gasteiger partial charge in [0.25, 0.3) is 0 Å². The van der Waals surface area contributed by atoms with Gasteiger partial charge >= 0.3 is 0 Å². The number of hydrogen-bond donors (Lipinski definition) is 2. The van der Waals surface area contributed by atoms with E-state index in [4.69, 9.17) is 4.74 Å². The van der Waals surface area contributed by atoms with E-state index in [2.05, 4.69) is 52.5 Å². The minimum atomic E-state index is 0.0912. The normalized spacial score (nSPS) is 15.6. The van der Waals surface area contributed by atoms with Gasteiger partial charge in [-0.3, -0.25) is 0 Å². The number of rotatable bonds is 5. The Morgan fingerprint density at radius 2 is 1.76 bits per heavy atom. The summed E-state index contributed by atoms with van der Waals surface area (Å²) in [5.41, 5.74) is 4.60. The molecule has 4 heteroatoms. The molecule has 1 aromatic heterocycles. The first-order valence-corrected chi connectivity index (χ1v) is 8.94. The van der Waals surface area contributed by atoms with Crippen molar-refractivity contribution in [2.45, 2.75) is 32.0 Å². The Balaban J connectivity index is 1.55. The number of aliphatic hydroxyl groups is 1. The lowest BCUT2D eigenvalue weighted by Gasteiger charge is -2.24. The molecule has 130 valence electrons. The van der Waals surface area contributed by atoms with Gasteiger partial charge in [0.15, 0.2) is 0 Å². The Labute approximate surface area is 148 Å². The minimum absolute atomic E-state index is 0.0912. The Hall–Kier alpha value is -2.30. The summed E-state index contributed by atoms with van der Waals surface area (Å²) in [5, 5.41) is 14.1. The van der Waals surface area contributed by atoms with Crippen LogP contribution in [0.4, 0.5) is 5.69 Å². The van der Waals surface area contributed by atoms with Crippen LogP contribution in [0, 0.1) is 0 Å². The van der Waals surface area contributed by atoms with Gasteiger partial charge in [0.1, 0.15) is 0 Å². The Morgan fingerprint density at radius 3 is 2.52 bits per heavy atom. The van der Waals surface area contributed by atoms with Crippen LogP contribution in [-0.2, 0) is 17.9 Å². The first kappa shape index (κ1) is 16.2. The van der Waals surface area contributed by atoms with E-state index in [0.717, 1.165) is 38.2 Å². The number of hydrogen-bond acceptors (Lipinski definition) is 3. The molecule has 0 aliphatic carbocycles. The highest BCUT2D eigenvalue weighted by Crippen LogP contribution is 2.23. The molecule has 0 atom stereocenters. The number of anilines is 1. The number of ether oxygens (including phenoxy) is 1. The van der Waals surface area contributed by atoms with Crippen molar-refractivity contribution in [2.24, 2.45) is 0 Å². The Kier molecular flexibility index (Phi) is 4.72. The predicted molar refractivity (Wildman–Crippen MR) is 101 cm³/mol. The Bertz CT molecular complexity index is 833. The highest BCUT2D eigenvalue weighted by molar-refractivity contribution is 5.83. The molecule has 3 aromatic rings. The highest BCUT2D eigenvalue weighted by atomic mass is 16.5. The molecular weight excluding hydrogens is 312 g/mol. The molecule has 1 aliphatic rings. The van der Waals surface area contributed by atoms with E-state index in [1.807, 2.05) is 12.1 Å². The number of benzene rings is 2. The fourth-order valence-electron chi connectivity index (χ4n) is 3.44. The second-order valence-electron chi connectivity index (χ2n) is 6.72. The number of nitrogens with zero attached hydrogens (tertiary/aromatic N) is 1. The molecule has 1 saturated heterocycles. The first-order valence-electron chi connectivity index (χ1n) is 8.94. The molecule has 0 bridgehead atoms. The largest absolute Gasteiger partial charge is 0.392 e. The molecule has 0 unspecified atom stereocenters. The molecule has 0 amide bonds. The third-order valence-corrected chi connectivity index (χ3v) is 4.92. The van der Waals surface area contributed by atoms with Crippen molar-refractivity contribution in [2.75, 3.05) is 18.5 Å². The average Bonchev–Trinajstić information content (AvgIpc) is 3.05. The van der Waals surface area contributed by atoms with Gasteiger partial charge in [-0.15, -0.1) is 0 Å². The second kappa shape index (κ2) is 7.30. The van der Waals surface area contributed by atoms with E-state index in [1.54, 1.807) is 0 Å². The SMILES string of the molecule is OCc1ccc(Cn2ccc3ccc(NC4CCOCC4)cc32)cc1. The lowest BCUT2D eigenvalue weighted by Crippen LogP contribution is -2.27. The molecule has 2 N–H and O–H groups in total. The minimum Gasteiger partial charge on any atom is -0.392 e. The van der Waals surface area contributed by atoms with E-state index in [9.17, 15) is 5.11 Å². The van der Waals surface area contributed by atoms with Gasteiger partial charge in [-0.05, 0) is 47.6 Å². The predicted octanol–water partition coefficient (Wildman–Crippen LogP) is 3.77. The summed E-state index contributed by atoms with van der Waals surface area (Å²) in [4.78, 5) is 0. The quantitative estimate of drug-likeness (QED) is 0.745. The molecule has 2 aromatic carbocycles. The fourth-order valence-corrected chi connectivity index (χ4v) is 3.44. The molecule has 0 radical (unpaired) electrons. The molecule has 4 rings (SSSR count). The summed E-state index contributed by atoms with van der Waals surface area (Å²) in [6, 6.07) is 17.4. The summed E-state index contributed by atoms with van der Waals surface area (Å²) < 4.78 is 7.71. The van der Waals surface area contributed by atoms with E-state index < -0.39 is 0 Å². The summed E-state index contributed by atoms with van der Waals surface area (Å²) in [7, 11) is 0. The first-order chi connectivity index (χ1) is 12.3. The highest BCUT2D eigenvalue weighted by Gasteiger charge is 2.13. The standard InChI is InChI=1S/C21H24N2O2/c24-15-17-3-1-16(2-4-17)14-23-10-7-18-5-6-20(13-21(18)23)22-19-8-11-25-12-9-19/h1-7,10,13,19,22,24H,8-9,11-12,14-15H2. The topological polar surface area (TPSA) is 46.4 Å². The lowest BCUT2D eigenvalue weighted by molar-refractivity contribution is 0.0904. The van der Waals surface area contributed by atoms with Crippen LogP contribution in [0.25, 0.3) is 10.9 Å². The number of nitrogens with one attached hydrogen (secondary N) is 1. The van der Waals surface area contributed by atoms with Crippen molar-refractivity contribution in [3.63, 3.8) is 0 Å². The molecule has 1 aliphatic heterocycles. The van der Waals surface area contributed by atoms with Crippen LogP contribution in [0.5, 0.6) is 0 Å². The summed E-state index contributed by atoms with van der Waals surface area (Å²) in [6.45, 7) is 2.62. The van der Waals surface area contributed by atoms with E-state index in [0.29, 0.717) is 6.04 Å². The van der Waals surface area contributed by atoms with Gasteiger partial charge in [0.05, 0.1) is 12.1 Å². The molecule has 4 nitrogen and oxygen atoms in total. The molecule has 25 heavy (non-hydrogen) atoms. The molecule has 2 heterocycles. The maximum Gasteiger partial charge on any atom is 0.0681 e. The molecule has 0 spiro atoms.